The minimum atomic E-state index is -1.01. The van der Waals surface area contributed by atoms with E-state index in [1.165, 1.54) is 6.21 Å². The highest BCUT2D eigenvalue weighted by molar-refractivity contribution is 5.77. The Balaban J connectivity index is 2.90. The Bertz CT molecular complexity index is 536. The number of allylic oxidation sites excluding steroid dienone is 1. The van der Waals surface area contributed by atoms with Crippen molar-refractivity contribution < 1.29 is 23.0 Å². The number of benzene rings is 1. The van der Waals surface area contributed by atoms with E-state index in [0.29, 0.717) is 12.9 Å². The lowest BCUT2D eigenvalue weighted by molar-refractivity contribution is 0.0834. The van der Waals surface area contributed by atoms with E-state index < -0.39 is 23.6 Å². The first-order valence-corrected chi connectivity index (χ1v) is 6.20. The van der Waals surface area contributed by atoms with Crippen LogP contribution >= 0.6 is 0 Å². The lowest BCUT2D eigenvalue weighted by atomic mass is 10.2. The van der Waals surface area contributed by atoms with Gasteiger partial charge in [-0.05, 0) is 26.0 Å². The van der Waals surface area contributed by atoms with E-state index in [1.807, 2.05) is 6.92 Å². The highest BCUT2D eigenvalue weighted by atomic mass is 19.1. The molecule has 0 aliphatic heterocycles. The van der Waals surface area contributed by atoms with E-state index in [1.54, 1.807) is 6.92 Å². The molecule has 0 aliphatic rings. The molecule has 0 spiro atoms. The van der Waals surface area contributed by atoms with Crippen LogP contribution in [0.3, 0.4) is 0 Å². The van der Waals surface area contributed by atoms with Gasteiger partial charge in [0, 0.05) is 18.4 Å². The van der Waals surface area contributed by atoms with Crippen molar-refractivity contribution in [2.75, 3.05) is 6.61 Å². The molecule has 0 aliphatic carbocycles. The van der Waals surface area contributed by atoms with Crippen molar-refractivity contribution in [2.45, 2.75) is 20.1 Å². The fraction of sp³-hybridized carbons (Fsp3) is 0.286. The highest BCUT2D eigenvalue weighted by Gasteiger charge is 2.14. The van der Waals surface area contributed by atoms with Gasteiger partial charge in [0.1, 0.15) is 12.5 Å². The van der Waals surface area contributed by atoms with Gasteiger partial charge in [0.25, 0.3) is 0 Å². The average Bonchev–Trinajstić information content (AvgIpc) is 2.46. The molecule has 21 heavy (non-hydrogen) atoms. The van der Waals surface area contributed by atoms with Gasteiger partial charge in [0.2, 0.25) is 0 Å². The highest BCUT2D eigenvalue weighted by Crippen LogP contribution is 2.24. The molecule has 1 unspecified atom stereocenters. The summed E-state index contributed by atoms with van der Waals surface area (Å²) >= 11 is 0. The van der Waals surface area contributed by atoms with Crippen LogP contribution in [-0.4, -0.2) is 25.3 Å². The first-order valence-electron chi connectivity index (χ1n) is 6.20. The summed E-state index contributed by atoms with van der Waals surface area (Å²) in [6.07, 6.45) is 2.10. The molecular weight excluding hydrogens is 282 g/mol. The molecule has 1 rings (SSSR count). The number of carbonyl (C=O) groups is 1. The van der Waals surface area contributed by atoms with Crippen molar-refractivity contribution in [1.29, 1.82) is 0 Å². The molecule has 0 saturated heterocycles. The van der Waals surface area contributed by atoms with Crippen molar-refractivity contribution in [2.24, 2.45) is 10.7 Å². The van der Waals surface area contributed by atoms with Gasteiger partial charge in [-0.3, -0.25) is 9.79 Å². The van der Waals surface area contributed by atoms with Crippen LogP contribution in [0.2, 0.25) is 0 Å². The molecular formula is C14H16F2N2O3. The predicted molar refractivity (Wildman–Crippen MR) is 74.2 cm³/mol. The van der Waals surface area contributed by atoms with Gasteiger partial charge in [-0.1, -0.05) is 0 Å². The molecule has 2 N–H and O–H groups in total. The van der Waals surface area contributed by atoms with Crippen LogP contribution in [-0.2, 0) is 4.74 Å². The molecule has 0 fully saturated rings. The van der Waals surface area contributed by atoms with E-state index in [0.717, 1.165) is 18.3 Å². The molecule has 0 aromatic heterocycles. The SMILES string of the molecule is CCOC(C)N=CC(=CN)Oc1c(F)cc(C=O)cc1F. The molecule has 114 valence electrons. The Hall–Kier alpha value is -2.28. The lowest BCUT2D eigenvalue weighted by Crippen LogP contribution is -2.08. The van der Waals surface area contributed by atoms with Crippen LogP contribution in [0.1, 0.15) is 24.2 Å². The average molecular weight is 298 g/mol. The third-order valence-corrected chi connectivity index (χ3v) is 2.36. The number of ether oxygens (including phenoxy) is 2. The van der Waals surface area contributed by atoms with Crippen molar-refractivity contribution in [1.82, 2.24) is 0 Å². The van der Waals surface area contributed by atoms with Gasteiger partial charge in [0.15, 0.2) is 23.1 Å². The Kier molecular flexibility index (Phi) is 6.48. The maximum Gasteiger partial charge on any atom is 0.198 e. The van der Waals surface area contributed by atoms with E-state index in [2.05, 4.69) is 4.99 Å². The summed E-state index contributed by atoms with van der Waals surface area (Å²) in [5.41, 5.74) is 5.19. The first kappa shape index (κ1) is 16.8. The summed E-state index contributed by atoms with van der Waals surface area (Å²) in [6, 6.07) is 1.72. The predicted octanol–water partition coefficient (Wildman–Crippen LogP) is 2.41. The Morgan fingerprint density at radius 1 is 1.43 bits per heavy atom. The molecule has 7 heteroatoms. The maximum atomic E-state index is 13.7. The standard InChI is InChI=1S/C14H16F2N2O3/c1-3-20-9(2)18-7-11(6-17)21-14-12(15)4-10(8-19)5-13(14)16/h4-9H,3,17H2,1-2H3. The topological polar surface area (TPSA) is 73.9 Å². The van der Waals surface area contributed by atoms with E-state index in [9.17, 15) is 13.6 Å². The summed E-state index contributed by atoms with van der Waals surface area (Å²) in [4.78, 5) is 14.5. The molecule has 5 nitrogen and oxygen atoms in total. The molecule has 0 bridgehead atoms. The molecule has 0 amide bonds. The van der Waals surface area contributed by atoms with Crippen molar-refractivity contribution in [3.8, 4) is 5.75 Å². The smallest absolute Gasteiger partial charge is 0.198 e. The third-order valence-electron chi connectivity index (χ3n) is 2.36. The van der Waals surface area contributed by atoms with Gasteiger partial charge in [-0.2, -0.15) is 0 Å². The summed E-state index contributed by atoms with van der Waals surface area (Å²) in [6.45, 7) is 3.97. The summed E-state index contributed by atoms with van der Waals surface area (Å²) in [5.74, 6) is -2.74. The molecule has 0 heterocycles. The normalized spacial score (nSPS) is 13.4. The number of aldehydes is 1. The number of nitrogens with two attached hydrogens (primary N) is 1. The number of nitrogens with zero attached hydrogens (tertiary/aromatic N) is 1. The zero-order valence-corrected chi connectivity index (χ0v) is 11.7. The monoisotopic (exact) mass is 298 g/mol. The van der Waals surface area contributed by atoms with Crippen molar-refractivity contribution >= 4 is 12.5 Å². The number of carbonyl (C=O) groups excluding carboxylic acids is 1. The number of aliphatic imine (C=N–C) groups is 1. The van der Waals surface area contributed by atoms with Crippen LogP contribution in [0, 0.1) is 11.6 Å². The van der Waals surface area contributed by atoms with Crippen molar-refractivity contribution in [3.63, 3.8) is 0 Å². The second-order valence-electron chi connectivity index (χ2n) is 3.94. The third kappa shape index (κ3) is 4.96. The molecule has 0 radical (unpaired) electrons. The van der Waals surface area contributed by atoms with Gasteiger partial charge < -0.3 is 15.2 Å². The van der Waals surface area contributed by atoms with Crippen molar-refractivity contribution in [3.05, 3.63) is 41.3 Å². The zero-order chi connectivity index (χ0) is 15.8. The van der Waals surface area contributed by atoms with E-state index in [-0.39, 0.29) is 11.3 Å². The number of hydrogen-bond donors (Lipinski definition) is 1. The van der Waals surface area contributed by atoms with Gasteiger partial charge in [-0.15, -0.1) is 0 Å². The van der Waals surface area contributed by atoms with Gasteiger partial charge in [0.05, 0.1) is 6.21 Å². The van der Waals surface area contributed by atoms with Crippen LogP contribution in [0.5, 0.6) is 5.75 Å². The molecule has 1 atom stereocenters. The van der Waals surface area contributed by atoms with E-state index >= 15 is 0 Å². The van der Waals surface area contributed by atoms with E-state index in [4.69, 9.17) is 15.2 Å². The Morgan fingerprint density at radius 3 is 2.52 bits per heavy atom. The fourth-order valence-corrected chi connectivity index (χ4v) is 1.43. The second-order valence-corrected chi connectivity index (χ2v) is 3.94. The molecule has 0 saturated carbocycles. The summed E-state index contributed by atoms with van der Waals surface area (Å²) < 4.78 is 37.5. The number of rotatable bonds is 7. The largest absolute Gasteiger partial charge is 0.448 e. The van der Waals surface area contributed by atoms with Crippen LogP contribution in [0.15, 0.2) is 29.1 Å². The molecule has 1 aromatic rings. The number of hydrogen-bond acceptors (Lipinski definition) is 5. The number of halogens is 2. The van der Waals surface area contributed by atoms with Crippen LogP contribution < -0.4 is 10.5 Å². The maximum absolute atomic E-state index is 13.7. The summed E-state index contributed by atoms with van der Waals surface area (Å²) in [5, 5.41) is 0. The van der Waals surface area contributed by atoms with Gasteiger partial charge in [-0.25, -0.2) is 8.78 Å². The molecule has 1 aromatic carbocycles. The fourth-order valence-electron chi connectivity index (χ4n) is 1.43. The first-order chi connectivity index (χ1) is 10.0. The lowest BCUT2D eigenvalue weighted by Gasteiger charge is -2.09. The zero-order valence-electron chi connectivity index (χ0n) is 11.7. The summed E-state index contributed by atoms with van der Waals surface area (Å²) in [7, 11) is 0. The minimum Gasteiger partial charge on any atom is -0.448 e. The van der Waals surface area contributed by atoms with Crippen LogP contribution in [0.25, 0.3) is 0 Å². The van der Waals surface area contributed by atoms with Gasteiger partial charge >= 0.3 is 0 Å². The Labute approximate surface area is 121 Å². The second kappa shape index (κ2) is 8.11. The van der Waals surface area contributed by atoms with Crippen LogP contribution in [0.4, 0.5) is 8.78 Å². The Morgan fingerprint density at radius 2 is 2.05 bits per heavy atom. The minimum absolute atomic E-state index is 0.0572. The quantitative estimate of drug-likeness (QED) is 0.476.